The molecule has 0 heterocycles. The molecule has 0 bridgehead atoms. The SMILES string of the molecule is CC/C=C\C/C=C\C/C=C\C/C=C\C/C=C\C/C=C\C/C=C\C/C=C\C/C=C\CCCCCC(=O)OC(COC(=O)CCCCCCCCCCCCCC/C=C\C/C=C\C/C=C\C/C=C\C/C=C\C/C=C\CC)COP(=O)([O-])OCC[N+](C)(C)C. The molecule has 0 saturated carbocycles. The van der Waals surface area contributed by atoms with Crippen LogP contribution in [0.4, 0.5) is 0 Å². The molecule has 0 aromatic carbocycles. The fourth-order valence-electron chi connectivity index (χ4n) is 8.36. The van der Waals surface area contributed by atoms with Crippen LogP contribution >= 0.6 is 7.82 Å². The number of quaternary nitrogens is 1. The first-order valence-corrected chi connectivity index (χ1v) is 35.0. The minimum Gasteiger partial charge on any atom is -0.756 e. The number of rotatable bonds is 59. The summed E-state index contributed by atoms with van der Waals surface area (Å²) >= 11 is 0. The third kappa shape index (κ3) is 68.2. The molecule has 0 spiro atoms. The number of nitrogens with zero attached hydrogens (tertiary/aromatic N) is 1. The van der Waals surface area contributed by atoms with Crippen LogP contribution in [-0.2, 0) is 32.7 Å². The van der Waals surface area contributed by atoms with Crippen molar-refractivity contribution in [2.45, 2.75) is 238 Å². The summed E-state index contributed by atoms with van der Waals surface area (Å²) in [4.78, 5) is 38.0. The van der Waals surface area contributed by atoms with Crippen molar-refractivity contribution in [1.29, 1.82) is 0 Å². The van der Waals surface area contributed by atoms with Crippen LogP contribution in [0.1, 0.15) is 232 Å². The Bertz CT molecular complexity index is 2100. The van der Waals surface area contributed by atoms with Crippen molar-refractivity contribution < 1.29 is 42.1 Å². The number of hydrogen-bond acceptors (Lipinski definition) is 8. The maximum atomic E-state index is 12.8. The van der Waals surface area contributed by atoms with Gasteiger partial charge < -0.3 is 27.9 Å². The average Bonchev–Trinajstić information content (AvgIpc) is 3.56. The highest BCUT2D eigenvalue weighted by Crippen LogP contribution is 2.38. The maximum absolute atomic E-state index is 12.8. The van der Waals surface area contributed by atoms with E-state index in [1.165, 1.54) is 57.8 Å². The molecule has 0 aromatic rings. The van der Waals surface area contributed by atoms with Crippen LogP contribution in [0.25, 0.3) is 0 Å². The Balaban J connectivity index is 4.22. The molecule has 0 aliphatic rings. The van der Waals surface area contributed by atoms with Crippen LogP contribution < -0.4 is 4.89 Å². The fraction of sp³-hybridized carbons (Fsp3) is 0.579. The third-order valence-corrected chi connectivity index (χ3v) is 14.4. The highest BCUT2D eigenvalue weighted by molar-refractivity contribution is 7.45. The monoisotopic (exact) mass is 1210 g/mol. The topological polar surface area (TPSA) is 111 Å². The Morgan fingerprint density at radius 2 is 0.628 bits per heavy atom. The number of hydrogen-bond donors (Lipinski definition) is 0. The zero-order chi connectivity index (χ0) is 62.6. The quantitative estimate of drug-likeness (QED) is 0.0195. The molecule has 0 fully saturated rings. The number of phosphoric acid groups is 1. The van der Waals surface area contributed by atoms with Crippen molar-refractivity contribution in [3.63, 3.8) is 0 Å². The molecule has 0 aliphatic carbocycles. The molecule has 0 radical (unpaired) electrons. The zero-order valence-corrected chi connectivity index (χ0v) is 55.8. The van der Waals surface area contributed by atoms with Gasteiger partial charge in [0, 0.05) is 12.8 Å². The van der Waals surface area contributed by atoms with Crippen LogP contribution in [0.5, 0.6) is 0 Å². The summed E-state index contributed by atoms with van der Waals surface area (Å²) in [6.07, 6.45) is 99.5. The van der Waals surface area contributed by atoms with E-state index < -0.39 is 32.5 Å². The van der Waals surface area contributed by atoms with Crippen molar-refractivity contribution in [1.82, 2.24) is 0 Å². The van der Waals surface area contributed by atoms with Gasteiger partial charge in [-0.05, 0) is 135 Å². The first kappa shape index (κ1) is 81.1. The van der Waals surface area contributed by atoms with E-state index >= 15 is 0 Å². The second-order valence-electron chi connectivity index (χ2n) is 22.7. The molecule has 10 heteroatoms. The highest BCUT2D eigenvalue weighted by atomic mass is 31.2. The molecule has 0 N–H and O–H groups in total. The Morgan fingerprint density at radius 1 is 0.360 bits per heavy atom. The summed E-state index contributed by atoms with van der Waals surface area (Å²) in [7, 11) is 1.12. The summed E-state index contributed by atoms with van der Waals surface area (Å²) in [5.41, 5.74) is 0. The predicted octanol–water partition coefficient (Wildman–Crippen LogP) is 21.3. The normalized spacial score (nSPS) is 14.3. The number of carbonyl (C=O) groups is 2. The highest BCUT2D eigenvalue weighted by Gasteiger charge is 2.22. The minimum absolute atomic E-state index is 0.0483. The third-order valence-electron chi connectivity index (χ3n) is 13.4. The predicted molar refractivity (Wildman–Crippen MR) is 369 cm³/mol. The largest absolute Gasteiger partial charge is 0.756 e. The second-order valence-corrected chi connectivity index (χ2v) is 24.1. The van der Waals surface area contributed by atoms with Gasteiger partial charge in [0.1, 0.15) is 19.8 Å². The maximum Gasteiger partial charge on any atom is 0.306 e. The summed E-state index contributed by atoms with van der Waals surface area (Å²) < 4.78 is 34.2. The molecule has 0 aromatic heterocycles. The second kappa shape index (κ2) is 64.6. The summed E-state index contributed by atoms with van der Waals surface area (Å²) in [6, 6.07) is 0. The van der Waals surface area contributed by atoms with Crippen molar-refractivity contribution in [2.75, 3.05) is 47.5 Å². The number of carbonyl (C=O) groups excluding carboxylic acids is 2. The molecule has 2 atom stereocenters. The summed E-state index contributed by atoms with van der Waals surface area (Å²) in [6.45, 7) is 3.95. The van der Waals surface area contributed by atoms with Gasteiger partial charge in [-0.25, -0.2) is 0 Å². The van der Waals surface area contributed by atoms with Crippen molar-refractivity contribution in [3.8, 4) is 0 Å². The Kier molecular flexibility index (Phi) is 60.9. The van der Waals surface area contributed by atoms with E-state index in [-0.39, 0.29) is 26.1 Å². The van der Waals surface area contributed by atoms with E-state index in [1.807, 2.05) is 21.1 Å². The van der Waals surface area contributed by atoms with Crippen LogP contribution in [-0.4, -0.2) is 70.0 Å². The molecule has 0 amide bonds. The van der Waals surface area contributed by atoms with Crippen LogP contribution in [0.2, 0.25) is 0 Å². The lowest BCUT2D eigenvalue weighted by atomic mass is 10.0. The molecule has 9 nitrogen and oxygen atoms in total. The van der Waals surface area contributed by atoms with Crippen molar-refractivity contribution in [3.05, 3.63) is 182 Å². The standard InChI is InChI=1S/C76H122NO8P/c1-6-8-10-12-14-16-18-20-22-24-26-28-30-32-34-36-38-40-42-44-46-48-50-52-54-56-58-60-62-64-66-68-75(78)82-72-74(73-84-86(80,81)83-71-70-77(3,4)5)85-76(79)69-67-65-63-61-59-57-55-53-51-49-47-45-43-41-39-37-35-33-31-29-27-25-23-21-19-17-15-13-11-9-7-2/h8-11,14-17,20-23,26-29,32-35,38-41,45,47,51,53,57,59,74H,6-7,12-13,18-19,24-25,30-31,36-37,42-44,46,48-50,52,54-56,58,60-73H2,1-5H3/b10-8-,11-9-,16-14-,17-15-,22-20-,23-21-,28-26-,29-27-,34-32-,35-33-,40-38-,41-39-,47-45-,53-51-,59-57-. The van der Waals surface area contributed by atoms with Gasteiger partial charge in [0.05, 0.1) is 27.7 Å². The lowest BCUT2D eigenvalue weighted by Gasteiger charge is -2.28. The van der Waals surface area contributed by atoms with Gasteiger partial charge in [0.25, 0.3) is 7.82 Å². The molecular formula is C76H122NO8P. The number of esters is 2. The van der Waals surface area contributed by atoms with Gasteiger partial charge in [-0.15, -0.1) is 0 Å². The van der Waals surface area contributed by atoms with E-state index in [2.05, 4.69) is 196 Å². The lowest BCUT2D eigenvalue weighted by Crippen LogP contribution is -2.37. The number of likely N-dealkylation sites (N-methyl/N-ethyl adjacent to an activating group) is 1. The van der Waals surface area contributed by atoms with Gasteiger partial charge in [0.15, 0.2) is 6.10 Å². The average molecular weight is 1210 g/mol. The van der Waals surface area contributed by atoms with E-state index in [0.717, 1.165) is 135 Å². The molecule has 0 saturated heterocycles. The molecule has 0 rings (SSSR count). The van der Waals surface area contributed by atoms with E-state index in [9.17, 15) is 19.0 Å². The molecule has 86 heavy (non-hydrogen) atoms. The van der Waals surface area contributed by atoms with Crippen molar-refractivity contribution in [2.24, 2.45) is 0 Å². The number of unbranched alkanes of at least 4 members (excludes halogenated alkanes) is 15. The van der Waals surface area contributed by atoms with E-state index in [4.69, 9.17) is 18.5 Å². The first-order chi connectivity index (χ1) is 42.0. The Labute approximate surface area is 527 Å². The lowest BCUT2D eigenvalue weighted by molar-refractivity contribution is -0.870. The number of ether oxygens (including phenoxy) is 2. The van der Waals surface area contributed by atoms with Gasteiger partial charge >= 0.3 is 11.9 Å². The van der Waals surface area contributed by atoms with E-state index in [0.29, 0.717) is 23.9 Å². The zero-order valence-electron chi connectivity index (χ0n) is 54.9. The smallest absolute Gasteiger partial charge is 0.306 e. The van der Waals surface area contributed by atoms with Gasteiger partial charge in [-0.2, -0.15) is 0 Å². The van der Waals surface area contributed by atoms with Crippen LogP contribution in [0.3, 0.4) is 0 Å². The molecule has 484 valence electrons. The minimum atomic E-state index is -4.67. The Hall–Kier alpha value is -4.89. The number of allylic oxidation sites excluding steroid dienone is 30. The summed E-state index contributed by atoms with van der Waals surface area (Å²) in [5.74, 6) is -0.887. The van der Waals surface area contributed by atoms with Crippen molar-refractivity contribution >= 4 is 19.8 Å². The number of phosphoric ester groups is 1. The molecular weight excluding hydrogens is 1090 g/mol. The van der Waals surface area contributed by atoms with Gasteiger partial charge in [-0.3, -0.25) is 14.2 Å². The van der Waals surface area contributed by atoms with E-state index in [1.54, 1.807) is 0 Å². The van der Waals surface area contributed by atoms with Gasteiger partial charge in [-0.1, -0.05) is 267 Å². The Morgan fingerprint density at radius 3 is 0.942 bits per heavy atom. The van der Waals surface area contributed by atoms with Crippen LogP contribution in [0, 0.1) is 0 Å². The van der Waals surface area contributed by atoms with Crippen LogP contribution in [0.15, 0.2) is 182 Å². The first-order valence-electron chi connectivity index (χ1n) is 33.5. The molecule has 2 unspecified atom stereocenters. The van der Waals surface area contributed by atoms with Gasteiger partial charge in [0.2, 0.25) is 0 Å². The summed E-state index contributed by atoms with van der Waals surface area (Å²) in [5, 5.41) is 0. The molecule has 0 aliphatic heterocycles. The fourth-order valence-corrected chi connectivity index (χ4v) is 9.09.